The second kappa shape index (κ2) is 16.6. The van der Waals surface area contributed by atoms with E-state index in [9.17, 15) is 0 Å². The van der Waals surface area contributed by atoms with E-state index in [1.165, 1.54) is 37.8 Å². The second-order valence-electron chi connectivity index (χ2n) is 20.6. The molecule has 0 aliphatic heterocycles. The molecular formula is C55H65F3N6. The lowest BCUT2D eigenvalue weighted by atomic mass is 9.60. The summed E-state index contributed by atoms with van der Waals surface area (Å²) in [5.74, 6) is 6.77. The van der Waals surface area contributed by atoms with Crippen LogP contribution in [-0.2, 0) is 19.0 Å². The van der Waals surface area contributed by atoms with Crippen LogP contribution in [0.15, 0.2) is 67.0 Å². The normalized spacial score (nSPS) is 28.2. The lowest BCUT2D eigenvalue weighted by molar-refractivity contribution is -0.137. The minimum Gasteiger partial charge on any atom is -0.294 e. The van der Waals surface area contributed by atoms with Crippen LogP contribution in [0, 0.1) is 47.3 Å². The first-order valence-corrected chi connectivity index (χ1v) is 24.7. The van der Waals surface area contributed by atoms with Crippen molar-refractivity contribution in [2.45, 2.75) is 138 Å². The lowest BCUT2D eigenvalue weighted by Crippen LogP contribution is -2.36. The summed E-state index contributed by atoms with van der Waals surface area (Å²) >= 11 is 0. The Balaban J connectivity index is 0.00000239. The fourth-order valence-electron chi connectivity index (χ4n) is 13.8. The van der Waals surface area contributed by atoms with Crippen LogP contribution < -0.4 is 0 Å². The van der Waals surface area contributed by atoms with Gasteiger partial charge in [0.15, 0.2) is 0 Å². The molecule has 0 N–H and O–H groups in total. The second-order valence-corrected chi connectivity index (χ2v) is 20.6. The molecule has 9 heteroatoms. The molecule has 4 saturated carbocycles. The molecule has 4 fully saturated rings. The minimum atomic E-state index is -4.61. The van der Waals surface area contributed by atoms with Crippen molar-refractivity contribution >= 4 is 43.9 Å². The van der Waals surface area contributed by atoms with E-state index in [0.29, 0.717) is 58.2 Å². The number of fused-ring (bicyclic) bond motifs is 10. The molecule has 11 rings (SSSR count). The van der Waals surface area contributed by atoms with E-state index >= 15 is 13.2 Å². The molecule has 3 aromatic carbocycles. The van der Waals surface area contributed by atoms with Gasteiger partial charge in [-0.2, -0.15) is 13.2 Å². The Hall–Kier alpha value is -4.79. The van der Waals surface area contributed by atoms with Gasteiger partial charge < -0.3 is 0 Å². The molecule has 4 heterocycles. The zero-order valence-corrected chi connectivity index (χ0v) is 39.0. The highest BCUT2D eigenvalue weighted by molar-refractivity contribution is 6.09. The third-order valence-electron chi connectivity index (χ3n) is 16.1. The molecule has 0 amide bonds. The number of rotatable bonds is 6. The Bertz CT molecular complexity index is 2680. The van der Waals surface area contributed by atoms with Crippen molar-refractivity contribution in [2.24, 2.45) is 47.3 Å². The average molecular weight is 867 g/mol. The first kappa shape index (κ1) is 43.1. The van der Waals surface area contributed by atoms with Gasteiger partial charge in [-0.05, 0) is 165 Å². The van der Waals surface area contributed by atoms with Crippen LogP contribution in [0.25, 0.3) is 55.2 Å². The predicted molar refractivity (Wildman–Crippen MR) is 254 cm³/mol. The fraction of sp³-hybridized carbons (Fsp3) is 0.527. The molecular weight excluding hydrogens is 802 g/mol. The van der Waals surface area contributed by atoms with Crippen molar-refractivity contribution in [3.05, 3.63) is 95.3 Å². The molecule has 0 saturated heterocycles. The van der Waals surface area contributed by atoms with Crippen molar-refractivity contribution in [1.29, 1.82) is 0 Å². The number of halogens is 3. The van der Waals surface area contributed by atoms with Crippen LogP contribution in [0.4, 0.5) is 13.2 Å². The minimum absolute atomic E-state index is 0.210. The summed E-state index contributed by atoms with van der Waals surface area (Å²) < 4.78 is 50.2. The molecule has 10 atom stereocenters. The van der Waals surface area contributed by atoms with E-state index in [4.69, 9.17) is 19.9 Å². The number of hydrogen-bond acceptors (Lipinski definition) is 4. The van der Waals surface area contributed by atoms with Gasteiger partial charge in [0.25, 0.3) is 0 Å². The molecule has 4 bridgehead atoms. The van der Waals surface area contributed by atoms with Crippen LogP contribution in [0.1, 0.15) is 147 Å². The number of nitrogens with zero attached hydrogens (tertiary/aromatic N) is 6. The zero-order valence-electron chi connectivity index (χ0n) is 39.0. The maximum Gasteiger partial charge on any atom is 0.416 e. The molecule has 64 heavy (non-hydrogen) atoms. The third-order valence-corrected chi connectivity index (χ3v) is 16.1. The number of aromatic nitrogens is 6. The number of hydrogen-bond donors (Lipinski definition) is 0. The molecule has 7 aromatic rings. The van der Waals surface area contributed by atoms with Crippen LogP contribution in [-0.4, -0.2) is 29.1 Å². The number of aryl methyl sites for hydroxylation is 2. The Morgan fingerprint density at radius 1 is 0.547 bits per heavy atom. The lowest BCUT2D eigenvalue weighted by Gasteiger charge is -2.45. The van der Waals surface area contributed by atoms with E-state index in [2.05, 4.69) is 77.9 Å². The quantitative estimate of drug-likeness (QED) is 0.167. The molecule has 0 spiro atoms. The topological polar surface area (TPSA) is 61.4 Å². The third kappa shape index (κ3) is 7.31. The van der Waals surface area contributed by atoms with Gasteiger partial charge in [-0.3, -0.25) is 9.13 Å². The van der Waals surface area contributed by atoms with E-state index < -0.39 is 11.7 Å². The van der Waals surface area contributed by atoms with Crippen LogP contribution in [0.5, 0.6) is 0 Å². The summed E-state index contributed by atoms with van der Waals surface area (Å²) in [6.45, 7) is 17.7. The van der Waals surface area contributed by atoms with E-state index in [-0.39, 0.29) is 11.8 Å². The Kier molecular flexibility index (Phi) is 11.2. The van der Waals surface area contributed by atoms with Crippen LogP contribution >= 0.6 is 0 Å². The number of alkyl halides is 3. The predicted octanol–water partition coefficient (Wildman–Crippen LogP) is 15.0. The Morgan fingerprint density at radius 3 is 1.39 bits per heavy atom. The summed E-state index contributed by atoms with van der Waals surface area (Å²) in [5, 5.41) is 3.63. The van der Waals surface area contributed by atoms with Crippen molar-refractivity contribution < 1.29 is 13.2 Å². The van der Waals surface area contributed by atoms with Gasteiger partial charge in [0, 0.05) is 45.8 Å². The standard InChI is InChI=1S/C53H59F3N6.C2H6/c1-7-32-9-11-45-41(21-32)43-26-57-49(47-30(5)17-34-13-28(3)15-36(47)19-34)59-51(43)61(45)39-23-38(53(54,55)56)24-40(25-39)62-46-12-10-33(8-2)22-42(46)44-27-58-50(60-52(44)62)48-31(6)18-35-14-29(4)16-37(48)20-35;1-2/h9-12,21-31,34-37,47-48H,7-8,13-20H2,1-6H3;1-2H3. The van der Waals surface area contributed by atoms with Crippen molar-refractivity contribution in [1.82, 2.24) is 29.1 Å². The molecule has 4 aromatic heterocycles. The van der Waals surface area contributed by atoms with Crippen molar-refractivity contribution in [3.63, 3.8) is 0 Å². The number of benzene rings is 3. The van der Waals surface area contributed by atoms with Crippen molar-refractivity contribution in [2.75, 3.05) is 0 Å². The van der Waals surface area contributed by atoms with Crippen LogP contribution in [0.3, 0.4) is 0 Å². The highest BCUT2D eigenvalue weighted by Gasteiger charge is 2.44. The van der Waals surface area contributed by atoms with Gasteiger partial charge in [-0.25, -0.2) is 19.9 Å². The molecule has 336 valence electrons. The largest absolute Gasteiger partial charge is 0.416 e. The van der Waals surface area contributed by atoms with Crippen LogP contribution in [0.2, 0.25) is 0 Å². The summed E-state index contributed by atoms with van der Waals surface area (Å²) in [7, 11) is 0. The van der Waals surface area contributed by atoms with E-state index in [1.807, 2.05) is 41.4 Å². The Morgan fingerprint density at radius 2 is 0.984 bits per heavy atom. The summed E-state index contributed by atoms with van der Waals surface area (Å²) in [5.41, 5.74) is 5.41. The summed E-state index contributed by atoms with van der Waals surface area (Å²) in [4.78, 5) is 21.1. The first-order chi connectivity index (χ1) is 30.8. The van der Waals surface area contributed by atoms with Crippen molar-refractivity contribution in [3.8, 4) is 11.4 Å². The highest BCUT2D eigenvalue weighted by Crippen LogP contribution is 2.53. The molecule has 0 radical (unpaired) electrons. The maximum absolute atomic E-state index is 15.4. The smallest absolute Gasteiger partial charge is 0.294 e. The Labute approximate surface area is 376 Å². The molecule has 10 unspecified atom stereocenters. The van der Waals surface area contributed by atoms with Gasteiger partial charge in [-0.1, -0.05) is 67.5 Å². The van der Waals surface area contributed by atoms with E-state index in [0.717, 1.165) is 106 Å². The molecule has 4 aliphatic carbocycles. The zero-order chi connectivity index (χ0) is 44.8. The van der Waals surface area contributed by atoms with Gasteiger partial charge in [0.05, 0.1) is 28.0 Å². The SMILES string of the molecule is CC.CCc1ccc2c(c1)c1cnc(C3C(C)CC4CC(C)CC3C4)nc1n2-c1cc(-n2c3ccc(CC)cc3c3cnc(C4C(C)CC5CC(C)CC4C5)nc32)cc(C(F)(F)F)c1. The molecule has 4 aliphatic rings. The fourth-order valence-corrected chi connectivity index (χ4v) is 13.8. The maximum atomic E-state index is 15.4. The van der Waals surface area contributed by atoms with Gasteiger partial charge in [0.1, 0.15) is 22.9 Å². The average Bonchev–Trinajstić information content (AvgIpc) is 3.77. The highest BCUT2D eigenvalue weighted by atomic mass is 19.4. The summed E-state index contributed by atoms with van der Waals surface area (Å²) in [6, 6.07) is 17.2. The van der Waals surface area contributed by atoms with Gasteiger partial charge in [-0.15, -0.1) is 0 Å². The van der Waals surface area contributed by atoms with Gasteiger partial charge >= 0.3 is 6.18 Å². The first-order valence-electron chi connectivity index (χ1n) is 24.7. The molecule has 6 nitrogen and oxygen atoms in total. The monoisotopic (exact) mass is 867 g/mol. The van der Waals surface area contributed by atoms with Gasteiger partial charge in [0.2, 0.25) is 0 Å². The van der Waals surface area contributed by atoms with E-state index in [1.54, 1.807) is 0 Å². The summed E-state index contributed by atoms with van der Waals surface area (Å²) in [6.07, 6.45) is 10.6.